The molecule has 31 heavy (non-hydrogen) atoms. The minimum Gasteiger partial charge on any atom is -0.497 e. The Bertz CT molecular complexity index is 1030. The van der Waals surface area contributed by atoms with Gasteiger partial charge in [-0.2, -0.15) is 5.10 Å². The van der Waals surface area contributed by atoms with Gasteiger partial charge in [0, 0.05) is 30.3 Å². The van der Waals surface area contributed by atoms with Crippen molar-refractivity contribution in [3.8, 4) is 5.75 Å². The number of hydrogen-bond donors (Lipinski definition) is 2. The van der Waals surface area contributed by atoms with Crippen LogP contribution in [0.5, 0.6) is 5.75 Å². The number of hydrogen-bond acceptors (Lipinski definition) is 4. The first-order valence-corrected chi connectivity index (χ1v) is 10.2. The second kappa shape index (κ2) is 9.34. The van der Waals surface area contributed by atoms with Crippen LogP contribution in [0.2, 0.25) is 0 Å². The second-order valence-electron chi connectivity index (χ2n) is 7.40. The smallest absolute Gasteiger partial charge is 0.322 e. The zero-order valence-corrected chi connectivity index (χ0v) is 17.3. The van der Waals surface area contributed by atoms with E-state index < -0.39 is 6.04 Å². The van der Waals surface area contributed by atoms with Crippen LogP contribution in [0.4, 0.5) is 16.2 Å². The van der Waals surface area contributed by atoms with E-state index in [-0.39, 0.29) is 11.9 Å². The second-order valence-corrected chi connectivity index (χ2v) is 7.40. The Morgan fingerprint density at radius 1 is 1.10 bits per heavy atom. The van der Waals surface area contributed by atoms with Crippen molar-refractivity contribution in [2.24, 2.45) is 0 Å². The van der Waals surface area contributed by atoms with E-state index >= 15 is 0 Å². The largest absolute Gasteiger partial charge is 0.497 e. The fraction of sp³-hybridized carbons (Fsp3) is 0.261. The van der Waals surface area contributed by atoms with Crippen LogP contribution in [0.1, 0.15) is 18.4 Å². The van der Waals surface area contributed by atoms with E-state index in [0.29, 0.717) is 30.9 Å². The number of rotatable bonds is 6. The van der Waals surface area contributed by atoms with Crippen molar-refractivity contribution in [2.75, 3.05) is 24.3 Å². The molecule has 1 saturated heterocycles. The van der Waals surface area contributed by atoms with Crippen molar-refractivity contribution in [3.05, 3.63) is 72.6 Å². The fourth-order valence-corrected chi connectivity index (χ4v) is 3.71. The number of urea groups is 1. The van der Waals surface area contributed by atoms with Crippen LogP contribution < -0.4 is 15.4 Å². The molecular formula is C23H25N5O3. The first-order chi connectivity index (χ1) is 15.1. The summed E-state index contributed by atoms with van der Waals surface area (Å²) in [6, 6.07) is 15.9. The Morgan fingerprint density at radius 3 is 2.68 bits per heavy atom. The number of aromatic nitrogens is 2. The standard InChI is InChI=1S/C23H25N5O3/c1-31-20-10-8-18(9-11-20)25-22(29)21-7-3-14-28(21)23(30)26-19-6-2-5-17(15-19)16-27-13-4-12-24-27/h2,4-6,8-13,15,21H,3,7,14,16H2,1H3,(H,25,29)(H,26,30)/t21-/m0/s1. The fourth-order valence-electron chi connectivity index (χ4n) is 3.71. The Kier molecular flexibility index (Phi) is 6.16. The summed E-state index contributed by atoms with van der Waals surface area (Å²) in [4.78, 5) is 27.3. The topological polar surface area (TPSA) is 88.5 Å². The van der Waals surface area contributed by atoms with Gasteiger partial charge in [0.2, 0.25) is 5.91 Å². The van der Waals surface area contributed by atoms with Crippen LogP contribution in [-0.4, -0.2) is 46.3 Å². The van der Waals surface area contributed by atoms with Gasteiger partial charge in [-0.15, -0.1) is 0 Å². The number of anilines is 2. The molecule has 8 heteroatoms. The highest BCUT2D eigenvalue weighted by Gasteiger charge is 2.34. The summed E-state index contributed by atoms with van der Waals surface area (Å²) in [6.07, 6.45) is 5.04. The minimum absolute atomic E-state index is 0.190. The van der Waals surface area contributed by atoms with E-state index in [0.717, 1.165) is 17.7 Å². The molecule has 3 aromatic rings. The van der Waals surface area contributed by atoms with Crippen molar-refractivity contribution in [2.45, 2.75) is 25.4 Å². The molecule has 2 heterocycles. The number of ether oxygens (including phenoxy) is 1. The van der Waals surface area contributed by atoms with Crippen LogP contribution in [0.3, 0.4) is 0 Å². The summed E-state index contributed by atoms with van der Waals surface area (Å²) < 4.78 is 6.96. The maximum Gasteiger partial charge on any atom is 0.322 e. The molecular weight excluding hydrogens is 394 g/mol. The summed E-state index contributed by atoms with van der Waals surface area (Å²) in [6.45, 7) is 1.16. The molecule has 2 aromatic carbocycles. The van der Waals surface area contributed by atoms with Gasteiger partial charge in [0.05, 0.1) is 13.7 Å². The third-order valence-electron chi connectivity index (χ3n) is 5.26. The molecule has 0 aliphatic carbocycles. The van der Waals surface area contributed by atoms with Gasteiger partial charge in [-0.3, -0.25) is 9.48 Å². The molecule has 1 fully saturated rings. The van der Waals surface area contributed by atoms with E-state index in [4.69, 9.17) is 4.74 Å². The highest BCUT2D eigenvalue weighted by atomic mass is 16.5. The molecule has 8 nitrogen and oxygen atoms in total. The van der Waals surface area contributed by atoms with Crippen LogP contribution in [-0.2, 0) is 11.3 Å². The SMILES string of the molecule is COc1ccc(NC(=O)[C@@H]2CCCN2C(=O)Nc2cccc(Cn3cccn3)c2)cc1. The van der Waals surface area contributed by atoms with Crippen LogP contribution in [0, 0.1) is 0 Å². The monoisotopic (exact) mass is 419 g/mol. The molecule has 0 bridgehead atoms. The van der Waals surface area contributed by atoms with E-state index in [9.17, 15) is 9.59 Å². The number of nitrogens with zero attached hydrogens (tertiary/aromatic N) is 3. The Hall–Kier alpha value is -3.81. The molecule has 1 atom stereocenters. The lowest BCUT2D eigenvalue weighted by Crippen LogP contribution is -2.45. The van der Waals surface area contributed by atoms with Crippen molar-refractivity contribution in [1.29, 1.82) is 0 Å². The summed E-state index contributed by atoms with van der Waals surface area (Å²) in [5, 5.41) is 10.0. The molecule has 3 amide bonds. The van der Waals surface area contributed by atoms with Crippen molar-refractivity contribution in [3.63, 3.8) is 0 Å². The Balaban J connectivity index is 1.38. The highest BCUT2D eigenvalue weighted by Crippen LogP contribution is 2.22. The van der Waals surface area contributed by atoms with Crippen LogP contribution >= 0.6 is 0 Å². The lowest BCUT2D eigenvalue weighted by molar-refractivity contribution is -0.119. The summed E-state index contributed by atoms with van der Waals surface area (Å²) in [5.41, 5.74) is 2.39. The van der Waals surface area contributed by atoms with Gasteiger partial charge in [-0.1, -0.05) is 12.1 Å². The molecule has 1 aliphatic heterocycles. The van der Waals surface area contributed by atoms with E-state index in [1.807, 2.05) is 41.2 Å². The van der Waals surface area contributed by atoms with Gasteiger partial charge in [0.25, 0.3) is 0 Å². The van der Waals surface area contributed by atoms with Gasteiger partial charge in [-0.25, -0.2) is 4.79 Å². The zero-order chi connectivity index (χ0) is 21.6. The predicted octanol–water partition coefficient (Wildman–Crippen LogP) is 3.58. The molecule has 0 unspecified atom stereocenters. The molecule has 160 valence electrons. The minimum atomic E-state index is -0.505. The average Bonchev–Trinajstić information content (AvgIpc) is 3.47. The molecule has 1 aromatic heterocycles. The first-order valence-electron chi connectivity index (χ1n) is 10.2. The third kappa shape index (κ3) is 5.03. The number of nitrogens with one attached hydrogen (secondary N) is 2. The summed E-state index contributed by atoms with van der Waals surface area (Å²) in [5.74, 6) is 0.528. The predicted molar refractivity (Wildman–Crippen MR) is 118 cm³/mol. The van der Waals surface area contributed by atoms with Crippen molar-refractivity contribution >= 4 is 23.3 Å². The molecule has 1 aliphatic rings. The van der Waals surface area contributed by atoms with E-state index in [1.54, 1.807) is 42.5 Å². The number of likely N-dealkylation sites (tertiary alicyclic amines) is 1. The lowest BCUT2D eigenvalue weighted by Gasteiger charge is -2.24. The van der Waals surface area contributed by atoms with Gasteiger partial charge >= 0.3 is 6.03 Å². The van der Waals surface area contributed by atoms with Crippen molar-refractivity contribution in [1.82, 2.24) is 14.7 Å². The summed E-state index contributed by atoms with van der Waals surface area (Å²) in [7, 11) is 1.59. The Labute approximate surface area is 180 Å². The number of carbonyl (C=O) groups excluding carboxylic acids is 2. The lowest BCUT2D eigenvalue weighted by atomic mass is 10.2. The van der Waals surface area contributed by atoms with Gasteiger partial charge < -0.3 is 20.3 Å². The maximum atomic E-state index is 12.9. The molecule has 4 rings (SSSR count). The van der Waals surface area contributed by atoms with E-state index in [1.165, 1.54) is 0 Å². The molecule has 0 saturated carbocycles. The average molecular weight is 419 g/mol. The zero-order valence-electron chi connectivity index (χ0n) is 17.3. The highest BCUT2D eigenvalue weighted by molar-refractivity contribution is 5.99. The third-order valence-corrected chi connectivity index (χ3v) is 5.26. The number of carbonyl (C=O) groups is 2. The first kappa shape index (κ1) is 20.5. The number of benzene rings is 2. The maximum absolute atomic E-state index is 12.9. The molecule has 2 N–H and O–H groups in total. The molecule has 0 spiro atoms. The van der Waals surface area contributed by atoms with Crippen LogP contribution in [0.25, 0.3) is 0 Å². The molecule has 0 radical (unpaired) electrons. The normalized spacial score (nSPS) is 15.5. The number of methoxy groups -OCH3 is 1. The Morgan fingerprint density at radius 2 is 1.94 bits per heavy atom. The van der Waals surface area contributed by atoms with Crippen molar-refractivity contribution < 1.29 is 14.3 Å². The van der Waals surface area contributed by atoms with Gasteiger partial charge in [0.15, 0.2) is 0 Å². The quantitative estimate of drug-likeness (QED) is 0.639. The van der Waals surface area contributed by atoms with Crippen LogP contribution in [0.15, 0.2) is 67.0 Å². The summed E-state index contributed by atoms with van der Waals surface area (Å²) >= 11 is 0. The van der Waals surface area contributed by atoms with Gasteiger partial charge in [-0.05, 0) is 60.9 Å². The van der Waals surface area contributed by atoms with E-state index in [2.05, 4.69) is 15.7 Å². The van der Waals surface area contributed by atoms with Gasteiger partial charge in [0.1, 0.15) is 11.8 Å². The number of amides is 3.